The Hall–Kier alpha value is -1.34. The zero-order valence-electron chi connectivity index (χ0n) is 10.9. The summed E-state index contributed by atoms with van der Waals surface area (Å²) in [6.07, 6.45) is 1.13. The Morgan fingerprint density at radius 3 is 2.72 bits per heavy atom. The number of nitrogen functional groups attached to an aromatic ring is 1. The molecular weight excluding hydrogens is 250 g/mol. The highest BCUT2D eigenvalue weighted by molar-refractivity contribution is 7.11. The van der Waals surface area contributed by atoms with Crippen molar-refractivity contribution in [2.45, 2.75) is 20.3 Å². The van der Waals surface area contributed by atoms with Gasteiger partial charge in [-0.05, 0) is 31.0 Å². The van der Waals surface area contributed by atoms with Gasteiger partial charge < -0.3 is 21.7 Å². The van der Waals surface area contributed by atoms with Crippen molar-refractivity contribution in [3.8, 4) is 0 Å². The van der Waals surface area contributed by atoms with Gasteiger partial charge >= 0.3 is 0 Å². The molecule has 0 aliphatic rings. The number of rotatable bonds is 8. The van der Waals surface area contributed by atoms with Gasteiger partial charge in [-0.3, -0.25) is 4.79 Å². The fraction of sp³-hybridized carbons (Fsp3) is 0.636. The molecule has 1 aromatic rings. The molecule has 5 N–H and O–H groups in total. The summed E-state index contributed by atoms with van der Waals surface area (Å²) in [6, 6.07) is 0. The molecule has 1 aromatic heterocycles. The van der Waals surface area contributed by atoms with Gasteiger partial charge in [0.2, 0.25) is 0 Å². The molecule has 1 heterocycles. The van der Waals surface area contributed by atoms with Crippen LogP contribution in [-0.2, 0) is 0 Å². The third-order valence-corrected chi connectivity index (χ3v) is 3.48. The summed E-state index contributed by atoms with van der Waals surface area (Å²) < 4.78 is 3.93. The molecule has 1 amide bonds. The van der Waals surface area contributed by atoms with E-state index < -0.39 is 5.91 Å². The third-order valence-electron chi connectivity index (χ3n) is 2.67. The standard InChI is InChI=1S/C11H21N5OS/c1-3-6-16(4-2)7-5-14-11-8(10(13)17)9(12)15-18-11/h14H,3-7H2,1-2H3,(H2,12,15)(H2,13,17). The number of carbonyl (C=O) groups is 1. The van der Waals surface area contributed by atoms with Crippen LogP contribution in [0.2, 0.25) is 0 Å². The summed E-state index contributed by atoms with van der Waals surface area (Å²) in [7, 11) is 0. The number of nitrogens with one attached hydrogen (secondary N) is 1. The molecule has 0 aliphatic heterocycles. The molecule has 0 atom stereocenters. The molecule has 6 nitrogen and oxygen atoms in total. The van der Waals surface area contributed by atoms with Crippen LogP contribution >= 0.6 is 11.5 Å². The molecule has 18 heavy (non-hydrogen) atoms. The highest BCUT2D eigenvalue weighted by atomic mass is 32.1. The maximum atomic E-state index is 11.2. The van der Waals surface area contributed by atoms with E-state index in [1.807, 2.05) is 0 Å². The average molecular weight is 271 g/mol. The second-order valence-corrected chi connectivity index (χ2v) is 4.77. The van der Waals surface area contributed by atoms with E-state index in [1.54, 1.807) is 0 Å². The number of aromatic nitrogens is 1. The fourth-order valence-corrected chi connectivity index (χ4v) is 2.48. The van der Waals surface area contributed by atoms with E-state index in [0.717, 1.165) is 32.6 Å². The quantitative estimate of drug-likeness (QED) is 0.654. The largest absolute Gasteiger partial charge is 0.382 e. The Morgan fingerprint density at radius 2 is 2.17 bits per heavy atom. The van der Waals surface area contributed by atoms with E-state index in [1.165, 1.54) is 11.5 Å². The zero-order chi connectivity index (χ0) is 13.5. The van der Waals surface area contributed by atoms with Crippen LogP contribution in [0.1, 0.15) is 30.6 Å². The Bertz CT molecular complexity index is 393. The first-order valence-corrected chi connectivity index (χ1v) is 6.88. The van der Waals surface area contributed by atoms with Gasteiger partial charge in [-0.25, -0.2) is 0 Å². The summed E-state index contributed by atoms with van der Waals surface area (Å²) >= 11 is 1.17. The Balaban J connectivity index is 2.51. The molecule has 0 saturated heterocycles. The van der Waals surface area contributed by atoms with E-state index in [4.69, 9.17) is 11.5 Å². The number of primary amides is 1. The summed E-state index contributed by atoms with van der Waals surface area (Å²) in [4.78, 5) is 13.6. The summed E-state index contributed by atoms with van der Waals surface area (Å²) in [6.45, 7) is 8.05. The fourth-order valence-electron chi connectivity index (χ4n) is 1.73. The first-order valence-electron chi connectivity index (χ1n) is 6.11. The van der Waals surface area contributed by atoms with E-state index in [9.17, 15) is 4.79 Å². The van der Waals surface area contributed by atoms with E-state index in [2.05, 4.69) is 28.4 Å². The second kappa shape index (κ2) is 7.17. The minimum absolute atomic E-state index is 0.205. The lowest BCUT2D eigenvalue weighted by Crippen LogP contribution is -2.29. The third kappa shape index (κ3) is 3.85. The summed E-state index contributed by atoms with van der Waals surface area (Å²) in [5.74, 6) is -0.333. The van der Waals surface area contributed by atoms with Crippen LogP contribution in [0.5, 0.6) is 0 Å². The van der Waals surface area contributed by atoms with Crippen LogP contribution in [-0.4, -0.2) is 41.4 Å². The van der Waals surface area contributed by atoms with Crippen molar-refractivity contribution in [2.75, 3.05) is 37.2 Å². The van der Waals surface area contributed by atoms with E-state index in [-0.39, 0.29) is 5.82 Å². The monoisotopic (exact) mass is 271 g/mol. The predicted molar refractivity (Wildman–Crippen MR) is 75.9 cm³/mol. The molecule has 0 aromatic carbocycles. The lowest BCUT2D eigenvalue weighted by Gasteiger charge is -2.19. The predicted octanol–water partition coefficient (Wildman–Crippen LogP) is 0.968. The van der Waals surface area contributed by atoms with Gasteiger partial charge in [-0.15, -0.1) is 0 Å². The first kappa shape index (κ1) is 14.7. The number of nitrogens with two attached hydrogens (primary N) is 2. The van der Waals surface area contributed by atoms with Crippen molar-refractivity contribution >= 4 is 28.3 Å². The van der Waals surface area contributed by atoms with Crippen molar-refractivity contribution in [2.24, 2.45) is 5.73 Å². The average Bonchev–Trinajstić information content (AvgIpc) is 2.69. The number of hydrogen-bond donors (Lipinski definition) is 3. The molecule has 102 valence electrons. The highest BCUT2D eigenvalue weighted by Gasteiger charge is 2.16. The SMILES string of the molecule is CCCN(CC)CCNc1snc(N)c1C(N)=O. The minimum atomic E-state index is -0.537. The van der Waals surface area contributed by atoms with Gasteiger partial charge in [-0.2, -0.15) is 4.37 Å². The van der Waals surface area contributed by atoms with Gasteiger partial charge in [0, 0.05) is 13.1 Å². The minimum Gasteiger partial charge on any atom is -0.382 e. The van der Waals surface area contributed by atoms with Crippen molar-refractivity contribution in [1.82, 2.24) is 9.27 Å². The zero-order valence-corrected chi connectivity index (χ0v) is 11.7. The molecule has 0 spiro atoms. The highest BCUT2D eigenvalue weighted by Crippen LogP contribution is 2.25. The number of carbonyl (C=O) groups excluding carboxylic acids is 1. The van der Waals surface area contributed by atoms with Crippen molar-refractivity contribution in [3.63, 3.8) is 0 Å². The van der Waals surface area contributed by atoms with Gasteiger partial charge in [0.15, 0.2) is 5.82 Å². The molecule has 1 rings (SSSR count). The van der Waals surface area contributed by atoms with Crippen LogP contribution in [0.4, 0.5) is 10.8 Å². The molecule has 0 saturated carbocycles. The van der Waals surface area contributed by atoms with Crippen molar-refractivity contribution in [1.29, 1.82) is 0 Å². The van der Waals surface area contributed by atoms with Gasteiger partial charge in [0.05, 0.1) is 0 Å². The number of amides is 1. The first-order chi connectivity index (χ1) is 8.60. The van der Waals surface area contributed by atoms with Crippen LogP contribution in [0, 0.1) is 0 Å². The molecule has 0 radical (unpaired) electrons. The van der Waals surface area contributed by atoms with Crippen LogP contribution in [0.25, 0.3) is 0 Å². The second-order valence-electron chi connectivity index (χ2n) is 4.00. The smallest absolute Gasteiger partial charge is 0.255 e. The Morgan fingerprint density at radius 1 is 1.44 bits per heavy atom. The number of hydrogen-bond acceptors (Lipinski definition) is 6. The molecule has 0 aliphatic carbocycles. The lowest BCUT2D eigenvalue weighted by molar-refractivity contribution is 0.100. The molecular formula is C11H21N5OS. The van der Waals surface area contributed by atoms with E-state index >= 15 is 0 Å². The maximum absolute atomic E-state index is 11.2. The van der Waals surface area contributed by atoms with Crippen LogP contribution < -0.4 is 16.8 Å². The number of anilines is 2. The molecule has 7 heteroatoms. The van der Waals surface area contributed by atoms with Crippen molar-refractivity contribution < 1.29 is 4.79 Å². The number of nitrogens with zero attached hydrogens (tertiary/aromatic N) is 2. The molecule has 0 bridgehead atoms. The van der Waals surface area contributed by atoms with Gasteiger partial charge in [-0.1, -0.05) is 13.8 Å². The van der Waals surface area contributed by atoms with Crippen LogP contribution in [0.15, 0.2) is 0 Å². The summed E-state index contributed by atoms with van der Waals surface area (Å²) in [5, 5.41) is 3.83. The summed E-state index contributed by atoms with van der Waals surface area (Å²) in [5.41, 5.74) is 11.2. The van der Waals surface area contributed by atoms with Crippen molar-refractivity contribution in [3.05, 3.63) is 5.56 Å². The Labute approximate surface area is 112 Å². The lowest BCUT2D eigenvalue weighted by atomic mass is 10.3. The topological polar surface area (TPSA) is 97.3 Å². The molecule has 0 fully saturated rings. The molecule has 0 unspecified atom stereocenters. The van der Waals surface area contributed by atoms with Crippen LogP contribution in [0.3, 0.4) is 0 Å². The van der Waals surface area contributed by atoms with Gasteiger partial charge in [0.25, 0.3) is 5.91 Å². The maximum Gasteiger partial charge on any atom is 0.255 e. The normalized spacial score (nSPS) is 10.8. The van der Waals surface area contributed by atoms with E-state index in [0.29, 0.717) is 10.6 Å². The Kier molecular flexibility index (Phi) is 5.87. The number of likely N-dealkylation sites (N-methyl/N-ethyl adjacent to an activating group) is 1. The van der Waals surface area contributed by atoms with Gasteiger partial charge in [0.1, 0.15) is 10.6 Å².